The highest BCUT2D eigenvalue weighted by molar-refractivity contribution is 5.90. The van der Waals surface area contributed by atoms with Gasteiger partial charge in [-0.05, 0) is 55.7 Å². The van der Waals surface area contributed by atoms with Crippen molar-refractivity contribution in [3.05, 3.63) is 77.5 Å². The van der Waals surface area contributed by atoms with Crippen molar-refractivity contribution in [3.8, 4) is 0 Å². The predicted molar refractivity (Wildman–Crippen MR) is 107 cm³/mol. The van der Waals surface area contributed by atoms with Crippen LogP contribution < -0.4 is 0 Å². The molecule has 0 aliphatic heterocycles. The van der Waals surface area contributed by atoms with E-state index in [0.717, 1.165) is 46.4 Å². The quantitative estimate of drug-likeness (QED) is 0.487. The van der Waals surface area contributed by atoms with Crippen LogP contribution in [-0.2, 0) is 12.8 Å². The molecule has 0 radical (unpaired) electrons. The average molecular weight is 353 g/mol. The van der Waals surface area contributed by atoms with Crippen molar-refractivity contribution in [1.29, 1.82) is 0 Å². The fourth-order valence-corrected chi connectivity index (χ4v) is 3.56. The van der Waals surface area contributed by atoms with Crippen molar-refractivity contribution < 1.29 is 0 Å². The van der Waals surface area contributed by atoms with Crippen molar-refractivity contribution in [2.45, 2.75) is 26.7 Å². The van der Waals surface area contributed by atoms with Crippen molar-refractivity contribution in [3.63, 3.8) is 0 Å². The summed E-state index contributed by atoms with van der Waals surface area (Å²) in [6.45, 7) is 4.24. The Balaban J connectivity index is 1.47. The first kappa shape index (κ1) is 15.9. The Kier molecular flexibility index (Phi) is 3.60. The van der Waals surface area contributed by atoms with E-state index in [4.69, 9.17) is 9.97 Å². The molecular formula is C22H19N5. The lowest BCUT2D eigenvalue weighted by atomic mass is 10.0. The van der Waals surface area contributed by atoms with Crippen molar-refractivity contribution in [2.75, 3.05) is 0 Å². The maximum atomic E-state index is 4.88. The molecule has 5 rings (SSSR count). The zero-order valence-electron chi connectivity index (χ0n) is 15.3. The molecule has 0 bridgehead atoms. The van der Waals surface area contributed by atoms with Crippen molar-refractivity contribution >= 4 is 27.5 Å². The van der Waals surface area contributed by atoms with Crippen LogP contribution in [-0.4, -0.2) is 24.6 Å². The number of pyridine rings is 3. The maximum absolute atomic E-state index is 4.88. The Morgan fingerprint density at radius 1 is 0.852 bits per heavy atom. The number of benzene rings is 1. The van der Waals surface area contributed by atoms with E-state index < -0.39 is 0 Å². The third-order valence-electron chi connectivity index (χ3n) is 5.07. The molecule has 0 aliphatic carbocycles. The Morgan fingerprint density at radius 2 is 1.74 bits per heavy atom. The van der Waals surface area contributed by atoms with E-state index in [2.05, 4.69) is 48.2 Å². The first-order valence-electron chi connectivity index (χ1n) is 9.14. The molecule has 0 spiro atoms. The Labute approximate surface area is 156 Å². The fraction of sp³-hybridized carbons (Fsp3) is 0.182. The molecule has 4 heterocycles. The monoisotopic (exact) mass is 353 g/mol. The van der Waals surface area contributed by atoms with Crippen LogP contribution in [0.1, 0.15) is 22.6 Å². The molecular weight excluding hydrogens is 334 g/mol. The number of fused-ring (bicyclic) bond motifs is 4. The first-order chi connectivity index (χ1) is 13.2. The molecule has 5 nitrogen and oxygen atoms in total. The van der Waals surface area contributed by atoms with Crippen molar-refractivity contribution in [1.82, 2.24) is 24.6 Å². The van der Waals surface area contributed by atoms with Gasteiger partial charge in [0, 0.05) is 35.3 Å². The molecule has 0 saturated heterocycles. The van der Waals surface area contributed by atoms with E-state index in [1.54, 1.807) is 6.20 Å². The zero-order valence-corrected chi connectivity index (χ0v) is 15.3. The van der Waals surface area contributed by atoms with E-state index in [1.165, 1.54) is 16.5 Å². The van der Waals surface area contributed by atoms with Gasteiger partial charge in [-0.25, -0.2) is 9.50 Å². The van der Waals surface area contributed by atoms with Gasteiger partial charge < -0.3 is 0 Å². The smallest absolute Gasteiger partial charge is 0.164 e. The highest BCUT2D eigenvalue weighted by atomic mass is 15.3. The van der Waals surface area contributed by atoms with Gasteiger partial charge in [-0.2, -0.15) is 5.10 Å². The topological polar surface area (TPSA) is 56.0 Å². The van der Waals surface area contributed by atoms with E-state index in [9.17, 15) is 0 Å². The highest BCUT2D eigenvalue weighted by Gasteiger charge is 2.09. The number of aryl methyl sites for hydroxylation is 4. The van der Waals surface area contributed by atoms with E-state index >= 15 is 0 Å². The molecule has 4 aromatic heterocycles. The number of rotatable bonds is 3. The molecule has 0 atom stereocenters. The summed E-state index contributed by atoms with van der Waals surface area (Å²) in [5, 5.41) is 6.87. The summed E-state index contributed by atoms with van der Waals surface area (Å²) in [4.78, 5) is 14.0. The molecule has 0 fully saturated rings. The standard InChI is InChI=1S/C22H19N5/c1-14-5-6-15(2)21-17(14)9-7-16(24-21)8-10-20-25-22-18-4-3-12-23-19(18)11-13-27(22)26-20/h3-7,9,11-13H,8,10H2,1-2H3. The van der Waals surface area contributed by atoms with E-state index in [1.807, 2.05) is 28.9 Å². The second-order valence-electron chi connectivity index (χ2n) is 6.95. The van der Waals surface area contributed by atoms with Gasteiger partial charge in [0.25, 0.3) is 0 Å². The minimum absolute atomic E-state index is 0.757. The van der Waals surface area contributed by atoms with Crippen LogP contribution in [0.15, 0.2) is 54.9 Å². The van der Waals surface area contributed by atoms with Crippen molar-refractivity contribution in [2.24, 2.45) is 0 Å². The van der Waals surface area contributed by atoms with Crippen LogP contribution in [0.4, 0.5) is 0 Å². The van der Waals surface area contributed by atoms with Crippen LogP contribution in [0.3, 0.4) is 0 Å². The highest BCUT2D eigenvalue weighted by Crippen LogP contribution is 2.21. The summed E-state index contributed by atoms with van der Waals surface area (Å²) in [7, 11) is 0. The molecule has 0 unspecified atom stereocenters. The molecule has 0 amide bonds. The Bertz CT molecular complexity index is 1300. The molecule has 0 saturated carbocycles. The minimum atomic E-state index is 0.757. The SMILES string of the molecule is Cc1ccc(C)c2nc(CCc3nc4c5cccnc5ccn4n3)ccc12. The summed E-state index contributed by atoms with van der Waals surface area (Å²) in [6.07, 6.45) is 5.29. The zero-order chi connectivity index (χ0) is 18.4. The average Bonchev–Trinajstić information content (AvgIpc) is 3.13. The van der Waals surface area contributed by atoms with Crippen LogP contribution in [0, 0.1) is 13.8 Å². The molecule has 0 N–H and O–H groups in total. The van der Waals surface area contributed by atoms with Gasteiger partial charge >= 0.3 is 0 Å². The number of hydrogen-bond acceptors (Lipinski definition) is 4. The lowest BCUT2D eigenvalue weighted by Crippen LogP contribution is -1.98. The number of nitrogens with zero attached hydrogens (tertiary/aromatic N) is 5. The lowest BCUT2D eigenvalue weighted by molar-refractivity contribution is 0.824. The number of aromatic nitrogens is 5. The van der Waals surface area contributed by atoms with Gasteiger partial charge in [0.15, 0.2) is 11.5 Å². The molecule has 5 heteroatoms. The molecule has 132 valence electrons. The van der Waals surface area contributed by atoms with Gasteiger partial charge in [-0.15, -0.1) is 0 Å². The largest absolute Gasteiger partial charge is 0.256 e. The molecule has 27 heavy (non-hydrogen) atoms. The van der Waals surface area contributed by atoms with Gasteiger partial charge in [0.2, 0.25) is 0 Å². The first-order valence-corrected chi connectivity index (χ1v) is 9.14. The molecule has 5 aromatic rings. The second kappa shape index (κ2) is 6.13. The van der Waals surface area contributed by atoms with Crippen LogP contribution in [0.25, 0.3) is 27.5 Å². The van der Waals surface area contributed by atoms with E-state index in [0.29, 0.717) is 0 Å². The van der Waals surface area contributed by atoms with Crippen LogP contribution in [0.2, 0.25) is 0 Å². The van der Waals surface area contributed by atoms with Gasteiger partial charge in [-0.1, -0.05) is 18.2 Å². The molecule has 1 aromatic carbocycles. The normalized spacial score (nSPS) is 11.6. The van der Waals surface area contributed by atoms with Crippen LogP contribution in [0.5, 0.6) is 0 Å². The minimum Gasteiger partial charge on any atom is -0.256 e. The van der Waals surface area contributed by atoms with Gasteiger partial charge in [0.1, 0.15) is 0 Å². The number of hydrogen-bond donors (Lipinski definition) is 0. The maximum Gasteiger partial charge on any atom is 0.164 e. The third kappa shape index (κ3) is 2.72. The van der Waals surface area contributed by atoms with Crippen LogP contribution >= 0.6 is 0 Å². The molecule has 0 aliphatic rings. The Hall–Kier alpha value is -3.34. The lowest BCUT2D eigenvalue weighted by Gasteiger charge is -2.07. The Morgan fingerprint density at radius 3 is 2.67 bits per heavy atom. The summed E-state index contributed by atoms with van der Waals surface area (Å²) in [5.74, 6) is 0.828. The predicted octanol–water partition coefficient (Wildman–Crippen LogP) is 4.23. The van der Waals surface area contributed by atoms with E-state index in [-0.39, 0.29) is 0 Å². The third-order valence-corrected chi connectivity index (χ3v) is 5.07. The fourth-order valence-electron chi connectivity index (χ4n) is 3.56. The summed E-state index contributed by atoms with van der Waals surface area (Å²) >= 11 is 0. The van der Waals surface area contributed by atoms with Gasteiger partial charge in [0.05, 0.1) is 11.0 Å². The summed E-state index contributed by atoms with van der Waals surface area (Å²) in [5.41, 5.74) is 6.42. The van der Waals surface area contributed by atoms with Gasteiger partial charge in [-0.3, -0.25) is 9.97 Å². The second-order valence-corrected chi connectivity index (χ2v) is 6.95. The summed E-state index contributed by atoms with van der Waals surface area (Å²) < 4.78 is 1.83. The summed E-state index contributed by atoms with van der Waals surface area (Å²) in [6, 6.07) is 14.5.